The summed E-state index contributed by atoms with van der Waals surface area (Å²) in [5.41, 5.74) is 28.4. The van der Waals surface area contributed by atoms with Crippen molar-refractivity contribution in [3.63, 3.8) is 0 Å². The second-order valence-corrected chi connectivity index (χ2v) is 27.6. The van der Waals surface area contributed by atoms with Gasteiger partial charge in [0.1, 0.15) is 0 Å². The second-order valence-electron chi connectivity index (χ2n) is 27.6. The molecule has 4 nitrogen and oxygen atoms in total. The van der Waals surface area contributed by atoms with Crippen LogP contribution in [0, 0.1) is 0 Å². The Kier molecular flexibility index (Phi) is 17.0. The maximum Gasteiger partial charge on any atom is 0.0541 e. The van der Waals surface area contributed by atoms with Gasteiger partial charge in [0.25, 0.3) is 0 Å². The molecule has 0 amide bonds. The second kappa shape index (κ2) is 28.4. The number of para-hydroxylation sites is 6. The number of anilines is 6. The van der Waals surface area contributed by atoms with Crippen molar-refractivity contribution in [3.8, 4) is 78.1 Å². The highest BCUT2D eigenvalue weighted by Gasteiger charge is 2.19. The summed E-state index contributed by atoms with van der Waals surface area (Å²) >= 11 is 0. The molecule has 0 aliphatic heterocycles. The summed E-state index contributed by atoms with van der Waals surface area (Å²) in [6.07, 6.45) is 0. The molecule has 0 radical (unpaired) electrons. The number of nitrogens with zero attached hydrogens (tertiary/aromatic N) is 4. The molecule has 0 aliphatic rings. The van der Waals surface area contributed by atoms with Crippen LogP contribution in [0.15, 0.2) is 437 Å². The highest BCUT2D eigenvalue weighted by molar-refractivity contribution is 6.12. The van der Waals surface area contributed by atoms with Crippen molar-refractivity contribution >= 4 is 99.3 Å². The van der Waals surface area contributed by atoms with Crippen molar-refractivity contribution in [3.05, 3.63) is 437 Å². The third kappa shape index (κ3) is 12.4. The van der Waals surface area contributed by atoms with Crippen LogP contribution in [0.4, 0.5) is 34.1 Å². The molecule has 18 aromatic carbocycles. The molecule has 0 atom stereocenters. The molecule has 0 unspecified atom stereocenters. The van der Waals surface area contributed by atoms with Crippen LogP contribution in [-0.2, 0) is 0 Å². The lowest BCUT2D eigenvalue weighted by Crippen LogP contribution is -2.09. The van der Waals surface area contributed by atoms with Crippen molar-refractivity contribution in [2.75, 3.05) is 9.80 Å². The van der Waals surface area contributed by atoms with E-state index in [1.165, 1.54) is 143 Å². The Morgan fingerprint density at radius 1 is 0.148 bits per heavy atom. The van der Waals surface area contributed by atoms with Gasteiger partial charge in [-0.3, -0.25) is 0 Å². The van der Waals surface area contributed by atoms with E-state index in [0.29, 0.717) is 0 Å². The number of hydrogen-bond donors (Lipinski definition) is 0. The van der Waals surface area contributed by atoms with Crippen LogP contribution in [0.5, 0.6) is 0 Å². The Bertz CT molecular complexity index is 6580. The summed E-state index contributed by atoms with van der Waals surface area (Å²) in [5, 5.41) is 10.1. The first-order valence-electron chi connectivity index (χ1n) is 37.0. The SMILES string of the molecule is c1ccc(N(c2ccc(-c3ccc(-c4ccc5c(c4)c4ccccc4n5-c4ccccc4)cc3)cc2)c2ccc(-c3ccc4ccccc4c3)cc2)cc1.c1ccc(N(c2ccc(-c3ccc(-c4ccc5c(c4)c4ccccc4n5-c4ccccc4)cc3)cc2)c2ccc(-c3cccc4ccccc34)cc2)cc1. The molecule has 0 N–H and O–H groups in total. The van der Waals surface area contributed by atoms with Crippen molar-refractivity contribution in [1.29, 1.82) is 0 Å². The third-order valence-electron chi connectivity index (χ3n) is 21.2. The quantitative estimate of drug-likeness (QED) is 0.108. The van der Waals surface area contributed by atoms with Gasteiger partial charge in [0, 0.05) is 67.0 Å². The lowest BCUT2D eigenvalue weighted by Gasteiger charge is -2.26. The molecule has 20 rings (SSSR count). The van der Waals surface area contributed by atoms with E-state index < -0.39 is 0 Å². The van der Waals surface area contributed by atoms with E-state index in [9.17, 15) is 0 Å². The third-order valence-corrected chi connectivity index (χ3v) is 21.2. The van der Waals surface area contributed by atoms with Gasteiger partial charge in [-0.1, -0.05) is 297 Å². The van der Waals surface area contributed by atoms with E-state index in [2.05, 4.69) is 456 Å². The molecule has 0 bridgehead atoms. The Morgan fingerprint density at radius 3 is 0.852 bits per heavy atom. The molecule has 0 fully saturated rings. The zero-order valence-electron chi connectivity index (χ0n) is 59.4. The molecule has 2 heterocycles. The number of hydrogen-bond acceptors (Lipinski definition) is 2. The summed E-state index contributed by atoms with van der Waals surface area (Å²) in [7, 11) is 0. The monoisotopic (exact) mass is 1380 g/mol. The first-order valence-corrected chi connectivity index (χ1v) is 37.0. The summed E-state index contributed by atoms with van der Waals surface area (Å²) in [6, 6.07) is 157. The Hall–Kier alpha value is -14.3. The molecular formula is C104H72N4. The van der Waals surface area contributed by atoms with Gasteiger partial charge in [-0.2, -0.15) is 0 Å². The van der Waals surface area contributed by atoms with Gasteiger partial charge in [-0.15, -0.1) is 0 Å². The number of aromatic nitrogens is 2. The predicted octanol–water partition coefficient (Wildman–Crippen LogP) is 28.8. The average Bonchev–Trinajstić information content (AvgIpc) is 1.59. The highest BCUT2D eigenvalue weighted by atomic mass is 15.1. The van der Waals surface area contributed by atoms with Crippen LogP contribution in [0.2, 0.25) is 0 Å². The molecular weight excluding hydrogens is 1310 g/mol. The topological polar surface area (TPSA) is 16.3 Å². The minimum atomic E-state index is 1.11. The number of rotatable bonds is 14. The normalized spacial score (nSPS) is 11.3. The van der Waals surface area contributed by atoms with E-state index in [1.807, 2.05) is 0 Å². The summed E-state index contributed by atoms with van der Waals surface area (Å²) in [5.74, 6) is 0. The van der Waals surface area contributed by atoms with Crippen LogP contribution in [0.1, 0.15) is 0 Å². The van der Waals surface area contributed by atoms with Gasteiger partial charge >= 0.3 is 0 Å². The molecule has 0 aliphatic carbocycles. The van der Waals surface area contributed by atoms with Gasteiger partial charge in [-0.25, -0.2) is 0 Å². The Labute approximate surface area is 629 Å². The minimum absolute atomic E-state index is 1.11. The highest BCUT2D eigenvalue weighted by Crippen LogP contribution is 2.43. The van der Waals surface area contributed by atoms with Gasteiger partial charge in [0.2, 0.25) is 0 Å². The zero-order chi connectivity index (χ0) is 71.7. The lowest BCUT2D eigenvalue weighted by atomic mass is 9.98. The van der Waals surface area contributed by atoms with Crippen LogP contribution < -0.4 is 9.80 Å². The largest absolute Gasteiger partial charge is 0.311 e. The van der Waals surface area contributed by atoms with Gasteiger partial charge in [0.15, 0.2) is 0 Å². The summed E-state index contributed by atoms with van der Waals surface area (Å²) in [6.45, 7) is 0. The predicted molar refractivity (Wildman–Crippen MR) is 459 cm³/mol. The smallest absolute Gasteiger partial charge is 0.0541 e. The zero-order valence-corrected chi connectivity index (χ0v) is 59.4. The fourth-order valence-electron chi connectivity index (χ4n) is 15.8. The number of fused-ring (bicyclic) bond motifs is 8. The van der Waals surface area contributed by atoms with E-state index in [4.69, 9.17) is 0 Å². The van der Waals surface area contributed by atoms with E-state index in [1.54, 1.807) is 0 Å². The Balaban J connectivity index is 0.000000147. The average molecular weight is 1380 g/mol. The molecule has 2 aromatic heterocycles. The van der Waals surface area contributed by atoms with Crippen molar-refractivity contribution in [2.24, 2.45) is 0 Å². The maximum atomic E-state index is 2.36. The van der Waals surface area contributed by atoms with Crippen LogP contribution in [-0.4, -0.2) is 9.13 Å². The first kappa shape index (κ1) is 64.5. The minimum Gasteiger partial charge on any atom is -0.311 e. The lowest BCUT2D eigenvalue weighted by molar-refractivity contribution is 1.18. The molecule has 0 saturated heterocycles. The fourth-order valence-corrected chi connectivity index (χ4v) is 15.8. The molecule has 20 aromatic rings. The van der Waals surface area contributed by atoms with Crippen molar-refractivity contribution < 1.29 is 0 Å². The molecule has 4 heteroatoms. The fraction of sp³-hybridized carbons (Fsp3) is 0. The first-order chi connectivity index (χ1) is 53.5. The van der Waals surface area contributed by atoms with Crippen LogP contribution >= 0.6 is 0 Å². The van der Waals surface area contributed by atoms with E-state index in [0.717, 1.165) is 34.1 Å². The molecule has 0 spiro atoms. The van der Waals surface area contributed by atoms with Crippen molar-refractivity contribution in [2.45, 2.75) is 0 Å². The van der Waals surface area contributed by atoms with E-state index >= 15 is 0 Å². The Morgan fingerprint density at radius 2 is 0.426 bits per heavy atom. The summed E-state index contributed by atoms with van der Waals surface area (Å²) < 4.78 is 4.73. The molecule has 108 heavy (non-hydrogen) atoms. The summed E-state index contributed by atoms with van der Waals surface area (Å²) in [4.78, 5) is 4.65. The van der Waals surface area contributed by atoms with Crippen molar-refractivity contribution in [1.82, 2.24) is 9.13 Å². The van der Waals surface area contributed by atoms with E-state index in [-0.39, 0.29) is 0 Å². The van der Waals surface area contributed by atoms with Crippen LogP contribution in [0.3, 0.4) is 0 Å². The maximum absolute atomic E-state index is 2.36. The van der Waals surface area contributed by atoms with Gasteiger partial charge in [-0.05, 0) is 228 Å². The van der Waals surface area contributed by atoms with Gasteiger partial charge in [0.05, 0.1) is 22.1 Å². The van der Waals surface area contributed by atoms with Crippen LogP contribution in [0.25, 0.3) is 143 Å². The molecule has 0 saturated carbocycles. The number of benzene rings is 18. The standard InChI is InChI=1S/2C52H36N2/c1-3-14-43(15-4-1)53(46-33-28-41(29-34-46)48-20-11-13-40-12-7-8-18-47(40)48)45-31-26-38(27-32-45)37-22-24-39(25-23-37)42-30-35-52-50(36-42)49-19-9-10-21-51(49)54(52)44-16-5-2-6-17-44;1-3-13-45(14-4-1)53(48-32-27-41(28-33-48)43-24-23-37-11-7-8-12-42(37)35-43)47-30-25-39(26-31-47)38-19-21-40(22-20-38)44-29-34-52-50(36-44)49-17-9-10-18-51(49)54(52)46-15-5-2-6-16-46/h2*1-36H. The van der Waals surface area contributed by atoms with Gasteiger partial charge < -0.3 is 18.9 Å². The molecule has 508 valence electrons.